The predicted octanol–water partition coefficient (Wildman–Crippen LogP) is 3.81. The van der Waals surface area contributed by atoms with Gasteiger partial charge >= 0.3 is 5.97 Å². The molecule has 0 heterocycles. The molecule has 2 aromatic rings. The fourth-order valence-corrected chi connectivity index (χ4v) is 2.96. The number of benzene rings is 2. The van der Waals surface area contributed by atoms with E-state index in [1.807, 2.05) is 24.3 Å². The fraction of sp³-hybridized carbons (Fsp3) is 0.238. The van der Waals surface area contributed by atoms with Gasteiger partial charge in [-0.1, -0.05) is 24.3 Å². The van der Waals surface area contributed by atoms with Crippen LogP contribution in [-0.4, -0.2) is 26.0 Å². The van der Waals surface area contributed by atoms with Gasteiger partial charge in [-0.2, -0.15) is 0 Å². The van der Waals surface area contributed by atoms with Gasteiger partial charge in [0.1, 0.15) is 22.8 Å². The van der Waals surface area contributed by atoms with Crippen LogP contribution in [0.1, 0.15) is 34.3 Å². The summed E-state index contributed by atoms with van der Waals surface area (Å²) in [4.78, 5) is 24.1. The Labute approximate surface area is 152 Å². The van der Waals surface area contributed by atoms with E-state index in [0.717, 1.165) is 24.0 Å². The Balaban J connectivity index is 2.00. The first-order valence-corrected chi connectivity index (χ1v) is 8.39. The molecule has 0 radical (unpaired) electrons. The molecule has 26 heavy (non-hydrogen) atoms. The summed E-state index contributed by atoms with van der Waals surface area (Å²) in [5, 5.41) is 0. The molecule has 0 aliphatic heterocycles. The van der Waals surface area contributed by atoms with E-state index in [1.54, 1.807) is 18.2 Å². The van der Waals surface area contributed by atoms with Gasteiger partial charge in [0.05, 0.1) is 14.2 Å². The molecule has 0 saturated carbocycles. The van der Waals surface area contributed by atoms with Crippen LogP contribution in [0.15, 0.2) is 48.5 Å². The van der Waals surface area contributed by atoms with Gasteiger partial charge in [0.2, 0.25) is 0 Å². The molecule has 0 saturated heterocycles. The van der Waals surface area contributed by atoms with Crippen LogP contribution in [0.5, 0.6) is 11.5 Å². The maximum absolute atomic E-state index is 12.1. The Morgan fingerprint density at radius 1 is 1.04 bits per heavy atom. The third-order valence-electron chi connectivity index (χ3n) is 4.25. The molecule has 0 N–H and O–H groups in total. The summed E-state index contributed by atoms with van der Waals surface area (Å²) in [6.07, 6.45) is 3.64. The van der Waals surface area contributed by atoms with Crippen LogP contribution in [-0.2, 0) is 16.0 Å². The van der Waals surface area contributed by atoms with E-state index in [0.29, 0.717) is 23.7 Å². The van der Waals surface area contributed by atoms with Gasteiger partial charge in [-0.3, -0.25) is 4.79 Å². The normalized spacial score (nSPS) is 13.8. The SMILES string of the molecule is COC(=O)c1cc(OC2=CC(=O)CCCc3ccccc32)ccc1OC. The number of carbonyl (C=O) groups excluding carboxylic acids is 2. The van der Waals surface area contributed by atoms with Crippen molar-refractivity contribution in [2.75, 3.05) is 14.2 Å². The van der Waals surface area contributed by atoms with Crippen molar-refractivity contribution in [1.29, 1.82) is 0 Å². The van der Waals surface area contributed by atoms with Crippen molar-refractivity contribution in [3.05, 3.63) is 65.2 Å². The number of rotatable bonds is 4. The monoisotopic (exact) mass is 352 g/mol. The molecule has 0 amide bonds. The molecular weight excluding hydrogens is 332 g/mol. The number of carbonyl (C=O) groups is 2. The average molecular weight is 352 g/mol. The standard InChI is InChI=1S/C21H20O5/c1-24-19-11-10-16(13-18(19)21(23)25-2)26-20-12-15(22)8-5-7-14-6-3-4-9-17(14)20/h3-4,6,9-13H,5,7-8H2,1-2H3. The minimum absolute atomic E-state index is 0.0243. The quantitative estimate of drug-likeness (QED) is 0.783. The van der Waals surface area contributed by atoms with Crippen molar-refractivity contribution in [3.63, 3.8) is 0 Å². The molecule has 5 heteroatoms. The van der Waals surface area contributed by atoms with Gasteiger partial charge in [-0.15, -0.1) is 0 Å². The van der Waals surface area contributed by atoms with E-state index >= 15 is 0 Å². The van der Waals surface area contributed by atoms with Crippen molar-refractivity contribution in [2.45, 2.75) is 19.3 Å². The molecule has 1 aliphatic rings. The topological polar surface area (TPSA) is 61.8 Å². The Morgan fingerprint density at radius 3 is 2.62 bits per heavy atom. The molecule has 0 unspecified atom stereocenters. The molecule has 134 valence electrons. The third kappa shape index (κ3) is 3.77. The van der Waals surface area contributed by atoms with Crippen molar-refractivity contribution >= 4 is 17.5 Å². The number of aryl methyl sites for hydroxylation is 1. The highest BCUT2D eigenvalue weighted by molar-refractivity contribution is 5.97. The smallest absolute Gasteiger partial charge is 0.341 e. The number of hydrogen-bond acceptors (Lipinski definition) is 5. The van der Waals surface area contributed by atoms with Crippen LogP contribution in [0.4, 0.5) is 0 Å². The van der Waals surface area contributed by atoms with Crippen molar-refractivity contribution in [3.8, 4) is 11.5 Å². The van der Waals surface area contributed by atoms with Gasteiger partial charge in [-0.25, -0.2) is 4.79 Å². The number of ketones is 1. The molecule has 0 spiro atoms. The lowest BCUT2D eigenvalue weighted by atomic mass is 9.96. The van der Waals surface area contributed by atoms with Gasteiger partial charge in [0.15, 0.2) is 5.78 Å². The first-order valence-electron chi connectivity index (χ1n) is 8.39. The van der Waals surface area contributed by atoms with Gasteiger partial charge in [-0.05, 0) is 36.6 Å². The summed E-state index contributed by atoms with van der Waals surface area (Å²) in [6, 6.07) is 12.7. The predicted molar refractivity (Wildman–Crippen MR) is 97.3 cm³/mol. The van der Waals surface area contributed by atoms with Crippen molar-refractivity contribution < 1.29 is 23.8 Å². The molecular formula is C21H20O5. The number of hydrogen-bond donors (Lipinski definition) is 0. The number of ether oxygens (including phenoxy) is 3. The zero-order valence-electron chi connectivity index (χ0n) is 14.8. The van der Waals surface area contributed by atoms with Gasteiger partial charge in [0.25, 0.3) is 0 Å². The van der Waals surface area contributed by atoms with Gasteiger partial charge < -0.3 is 14.2 Å². The molecule has 0 fully saturated rings. The molecule has 0 bridgehead atoms. The summed E-state index contributed by atoms with van der Waals surface area (Å²) in [5.74, 6) is 0.811. The van der Waals surface area contributed by atoms with E-state index in [2.05, 4.69) is 0 Å². The first kappa shape index (κ1) is 17.7. The second kappa shape index (κ2) is 7.87. The van der Waals surface area contributed by atoms with Crippen LogP contribution in [0.3, 0.4) is 0 Å². The second-order valence-electron chi connectivity index (χ2n) is 5.94. The van der Waals surface area contributed by atoms with Crippen LogP contribution in [0, 0.1) is 0 Å². The molecule has 0 aromatic heterocycles. The van der Waals surface area contributed by atoms with E-state index in [9.17, 15) is 9.59 Å². The Bertz CT molecular complexity index is 866. The first-order chi connectivity index (χ1) is 12.6. The number of allylic oxidation sites excluding steroid dienone is 1. The maximum Gasteiger partial charge on any atom is 0.341 e. The number of fused-ring (bicyclic) bond motifs is 1. The highest BCUT2D eigenvalue weighted by Crippen LogP contribution is 2.30. The molecule has 1 aliphatic carbocycles. The summed E-state index contributed by atoms with van der Waals surface area (Å²) >= 11 is 0. The minimum atomic E-state index is -0.518. The van der Waals surface area contributed by atoms with E-state index in [4.69, 9.17) is 14.2 Å². The lowest BCUT2D eigenvalue weighted by Crippen LogP contribution is -2.08. The number of methoxy groups -OCH3 is 2. The molecule has 2 aromatic carbocycles. The average Bonchev–Trinajstić information content (AvgIpc) is 2.66. The van der Waals surface area contributed by atoms with E-state index in [-0.39, 0.29) is 11.3 Å². The van der Waals surface area contributed by atoms with Crippen LogP contribution in [0.2, 0.25) is 0 Å². The summed E-state index contributed by atoms with van der Waals surface area (Å²) in [5.41, 5.74) is 2.28. The number of esters is 1. The minimum Gasteiger partial charge on any atom is -0.496 e. The fourth-order valence-electron chi connectivity index (χ4n) is 2.96. The van der Waals surface area contributed by atoms with Crippen LogP contribution in [0.25, 0.3) is 5.76 Å². The largest absolute Gasteiger partial charge is 0.496 e. The summed E-state index contributed by atoms with van der Waals surface area (Å²) < 4.78 is 16.0. The Morgan fingerprint density at radius 2 is 1.85 bits per heavy atom. The highest BCUT2D eigenvalue weighted by Gasteiger charge is 2.18. The molecule has 5 nitrogen and oxygen atoms in total. The van der Waals surface area contributed by atoms with Crippen LogP contribution < -0.4 is 9.47 Å². The van der Waals surface area contributed by atoms with E-state index < -0.39 is 5.97 Å². The zero-order valence-corrected chi connectivity index (χ0v) is 14.8. The lowest BCUT2D eigenvalue weighted by Gasteiger charge is -2.17. The zero-order chi connectivity index (χ0) is 18.5. The van der Waals surface area contributed by atoms with Crippen LogP contribution >= 0.6 is 0 Å². The molecule has 0 atom stereocenters. The van der Waals surface area contributed by atoms with Gasteiger partial charge in [0, 0.05) is 18.1 Å². The second-order valence-corrected chi connectivity index (χ2v) is 5.94. The highest BCUT2D eigenvalue weighted by atomic mass is 16.5. The summed E-state index contributed by atoms with van der Waals surface area (Å²) in [7, 11) is 2.79. The van der Waals surface area contributed by atoms with Crippen molar-refractivity contribution in [1.82, 2.24) is 0 Å². The van der Waals surface area contributed by atoms with Crippen molar-refractivity contribution in [2.24, 2.45) is 0 Å². The molecule has 3 rings (SSSR count). The Hall–Kier alpha value is -3.08. The maximum atomic E-state index is 12.1. The third-order valence-corrected chi connectivity index (χ3v) is 4.25. The summed E-state index contributed by atoms with van der Waals surface area (Å²) in [6.45, 7) is 0. The van der Waals surface area contributed by atoms with E-state index in [1.165, 1.54) is 20.3 Å². The Kier molecular flexibility index (Phi) is 5.37. The lowest BCUT2D eigenvalue weighted by molar-refractivity contribution is -0.114.